The van der Waals surface area contributed by atoms with E-state index in [4.69, 9.17) is 0 Å². The molecule has 2 aromatic rings. The van der Waals surface area contributed by atoms with Gasteiger partial charge < -0.3 is 15.1 Å². The number of amides is 1. The van der Waals surface area contributed by atoms with Crippen LogP contribution in [-0.4, -0.2) is 61.0 Å². The minimum atomic E-state index is -0.0948. The molecule has 1 amide bonds. The highest BCUT2D eigenvalue weighted by Gasteiger charge is 2.21. The van der Waals surface area contributed by atoms with Crippen molar-refractivity contribution in [2.75, 3.05) is 34.2 Å². The Bertz CT molecular complexity index is 774. The molecule has 0 spiro atoms. The van der Waals surface area contributed by atoms with Crippen molar-refractivity contribution in [1.82, 2.24) is 20.1 Å². The van der Waals surface area contributed by atoms with E-state index in [9.17, 15) is 4.79 Å². The molecule has 0 saturated carbocycles. The highest BCUT2D eigenvalue weighted by atomic mass is 16.1. The van der Waals surface area contributed by atoms with Crippen molar-refractivity contribution in [3.8, 4) is 11.1 Å². The van der Waals surface area contributed by atoms with Gasteiger partial charge >= 0.3 is 0 Å². The second-order valence-electron chi connectivity index (χ2n) is 7.68. The number of rotatable bonds is 6. The molecule has 2 heterocycles. The molecule has 144 valence electrons. The summed E-state index contributed by atoms with van der Waals surface area (Å²) in [6.07, 6.45) is 5.31. The van der Waals surface area contributed by atoms with Gasteiger partial charge in [0.05, 0.1) is 0 Å². The van der Waals surface area contributed by atoms with Gasteiger partial charge in [0.2, 0.25) is 0 Å². The van der Waals surface area contributed by atoms with Crippen LogP contribution in [0.5, 0.6) is 0 Å². The van der Waals surface area contributed by atoms with E-state index in [1.807, 2.05) is 24.3 Å². The largest absolute Gasteiger partial charge is 0.349 e. The first-order chi connectivity index (χ1) is 13.0. The van der Waals surface area contributed by atoms with Crippen LogP contribution in [0, 0.1) is 0 Å². The predicted molar refractivity (Wildman–Crippen MR) is 110 cm³/mol. The van der Waals surface area contributed by atoms with Crippen molar-refractivity contribution < 1.29 is 4.79 Å². The topological polar surface area (TPSA) is 48.5 Å². The molecule has 1 atom stereocenters. The smallest absolute Gasteiger partial charge is 0.270 e. The summed E-state index contributed by atoms with van der Waals surface area (Å²) in [7, 11) is 6.24. The lowest BCUT2D eigenvalue weighted by Gasteiger charge is -2.32. The molecule has 1 unspecified atom stereocenters. The van der Waals surface area contributed by atoms with Crippen LogP contribution in [0.4, 0.5) is 0 Å². The van der Waals surface area contributed by atoms with Crippen LogP contribution >= 0.6 is 0 Å². The first-order valence-electron chi connectivity index (χ1n) is 9.72. The van der Waals surface area contributed by atoms with E-state index in [-0.39, 0.29) is 5.91 Å². The molecule has 5 nitrogen and oxygen atoms in total. The molecule has 1 aromatic heterocycles. The van der Waals surface area contributed by atoms with Crippen LogP contribution in [-0.2, 0) is 6.54 Å². The summed E-state index contributed by atoms with van der Waals surface area (Å²) in [6, 6.07) is 12.6. The zero-order chi connectivity index (χ0) is 19.2. The van der Waals surface area contributed by atoms with Crippen LogP contribution in [0.3, 0.4) is 0 Å². The molecule has 27 heavy (non-hydrogen) atoms. The minimum absolute atomic E-state index is 0.0948. The third kappa shape index (κ3) is 5.15. The molecule has 1 saturated heterocycles. The van der Waals surface area contributed by atoms with Crippen LogP contribution in [0.2, 0.25) is 0 Å². The first-order valence-corrected chi connectivity index (χ1v) is 9.72. The van der Waals surface area contributed by atoms with Crippen molar-refractivity contribution in [2.45, 2.75) is 31.8 Å². The van der Waals surface area contributed by atoms with Crippen molar-refractivity contribution in [3.05, 3.63) is 53.9 Å². The molecule has 1 aliphatic heterocycles. The van der Waals surface area contributed by atoms with Crippen molar-refractivity contribution in [2.24, 2.45) is 0 Å². The lowest BCUT2D eigenvalue weighted by molar-refractivity contribution is 0.0924. The van der Waals surface area contributed by atoms with Crippen molar-refractivity contribution in [1.29, 1.82) is 0 Å². The summed E-state index contributed by atoms with van der Waals surface area (Å²) >= 11 is 0. The van der Waals surface area contributed by atoms with E-state index in [0.29, 0.717) is 18.3 Å². The monoisotopic (exact) mass is 366 g/mol. The van der Waals surface area contributed by atoms with Gasteiger partial charge in [0.15, 0.2) is 0 Å². The van der Waals surface area contributed by atoms with E-state index < -0.39 is 0 Å². The lowest BCUT2D eigenvalue weighted by atomic mass is 10.0. The number of hydrogen-bond acceptors (Lipinski definition) is 4. The number of nitrogens with one attached hydrogen (secondary N) is 1. The standard InChI is InChI=1S/C22H30N4O/c1-25(2)16-17-8-6-9-18(14-17)20-11-7-12-23-21(20)22(27)24-15-19-10-4-5-13-26(19)3/h6-9,11-12,14,19H,4-5,10,13,15-16H2,1-3H3,(H,24,27). The fourth-order valence-corrected chi connectivity index (χ4v) is 3.72. The average Bonchev–Trinajstić information content (AvgIpc) is 2.67. The number of hydrogen-bond donors (Lipinski definition) is 1. The van der Waals surface area contributed by atoms with Gasteiger partial charge in [-0.2, -0.15) is 0 Å². The van der Waals surface area contributed by atoms with E-state index in [0.717, 1.165) is 30.6 Å². The van der Waals surface area contributed by atoms with E-state index >= 15 is 0 Å². The molecular weight excluding hydrogens is 336 g/mol. The van der Waals surface area contributed by atoms with Crippen molar-refractivity contribution in [3.63, 3.8) is 0 Å². The van der Waals surface area contributed by atoms with Crippen LogP contribution in [0.1, 0.15) is 35.3 Å². The molecule has 0 aliphatic carbocycles. The van der Waals surface area contributed by atoms with Crippen LogP contribution in [0.25, 0.3) is 11.1 Å². The molecule has 0 bridgehead atoms. The number of aromatic nitrogens is 1. The Hall–Kier alpha value is -2.24. The van der Waals surface area contributed by atoms with Gasteiger partial charge in [-0.15, -0.1) is 0 Å². The minimum Gasteiger partial charge on any atom is -0.349 e. The number of carbonyl (C=O) groups excluding carboxylic acids is 1. The summed E-state index contributed by atoms with van der Waals surface area (Å²) in [5, 5.41) is 3.10. The SMILES string of the molecule is CN(C)Cc1cccc(-c2cccnc2C(=O)NCC2CCCCN2C)c1. The van der Waals surface area contributed by atoms with Gasteiger partial charge in [-0.3, -0.25) is 9.78 Å². The Morgan fingerprint density at radius 1 is 1.26 bits per heavy atom. The normalized spacial score (nSPS) is 17.9. The lowest BCUT2D eigenvalue weighted by Crippen LogP contribution is -2.44. The maximum Gasteiger partial charge on any atom is 0.270 e. The van der Waals surface area contributed by atoms with Crippen LogP contribution < -0.4 is 5.32 Å². The van der Waals surface area contributed by atoms with Gasteiger partial charge in [0.25, 0.3) is 5.91 Å². The Morgan fingerprint density at radius 3 is 2.89 bits per heavy atom. The molecule has 5 heteroatoms. The Kier molecular flexibility index (Phi) is 6.58. The summed E-state index contributed by atoms with van der Waals surface area (Å²) in [5.74, 6) is -0.0948. The quantitative estimate of drug-likeness (QED) is 0.854. The second kappa shape index (κ2) is 9.11. The molecule has 1 aliphatic rings. The number of piperidine rings is 1. The highest BCUT2D eigenvalue weighted by Crippen LogP contribution is 2.24. The number of likely N-dealkylation sites (N-methyl/N-ethyl adjacent to an activating group) is 1. The maximum atomic E-state index is 12.9. The zero-order valence-electron chi connectivity index (χ0n) is 16.6. The van der Waals surface area contributed by atoms with Gasteiger partial charge in [-0.1, -0.05) is 30.7 Å². The fraction of sp³-hybridized carbons (Fsp3) is 0.455. The van der Waals surface area contributed by atoms with Crippen LogP contribution in [0.15, 0.2) is 42.6 Å². The predicted octanol–water partition coefficient (Wildman–Crippen LogP) is 3.02. The summed E-state index contributed by atoms with van der Waals surface area (Å²) < 4.78 is 0. The number of pyridine rings is 1. The molecular formula is C22H30N4O. The summed E-state index contributed by atoms with van der Waals surface area (Å²) in [6.45, 7) is 2.64. The van der Waals surface area contributed by atoms with E-state index in [2.05, 4.69) is 53.4 Å². The van der Waals surface area contributed by atoms with Gasteiger partial charge in [0, 0.05) is 30.9 Å². The molecule has 3 rings (SSSR count). The first kappa shape index (κ1) is 19.5. The number of nitrogens with zero attached hydrogens (tertiary/aromatic N) is 3. The van der Waals surface area contributed by atoms with E-state index in [1.165, 1.54) is 18.4 Å². The number of benzene rings is 1. The number of likely N-dealkylation sites (tertiary alicyclic amines) is 1. The second-order valence-corrected chi connectivity index (χ2v) is 7.68. The Labute approximate surface area is 162 Å². The third-order valence-electron chi connectivity index (χ3n) is 5.18. The third-order valence-corrected chi connectivity index (χ3v) is 5.18. The molecule has 0 radical (unpaired) electrons. The van der Waals surface area contributed by atoms with Crippen molar-refractivity contribution >= 4 is 5.91 Å². The fourth-order valence-electron chi connectivity index (χ4n) is 3.72. The molecule has 1 N–H and O–H groups in total. The Balaban J connectivity index is 1.76. The summed E-state index contributed by atoms with van der Waals surface area (Å²) in [4.78, 5) is 21.7. The Morgan fingerprint density at radius 2 is 2.11 bits per heavy atom. The maximum absolute atomic E-state index is 12.9. The van der Waals surface area contributed by atoms with Gasteiger partial charge in [-0.05, 0) is 63.8 Å². The average molecular weight is 367 g/mol. The summed E-state index contributed by atoms with van der Waals surface area (Å²) in [5.41, 5.74) is 3.63. The van der Waals surface area contributed by atoms with Gasteiger partial charge in [-0.25, -0.2) is 0 Å². The van der Waals surface area contributed by atoms with E-state index in [1.54, 1.807) is 6.20 Å². The molecule has 1 fully saturated rings. The molecule has 1 aromatic carbocycles. The number of carbonyl (C=O) groups is 1. The zero-order valence-corrected chi connectivity index (χ0v) is 16.6. The van der Waals surface area contributed by atoms with Gasteiger partial charge in [0.1, 0.15) is 5.69 Å². The highest BCUT2D eigenvalue weighted by molar-refractivity contribution is 5.98.